The standard InChI is InChI=1S/C33H35N3O3/c1-23(2)39-29-7-5-6-26(19-29)9-8-25-14-16-36(17-15-25)33(37)22-38-32-13-11-28(35-4)20-31(32)30-12-10-27(21-34)18-24(30)3/h5-7,10-13,18-20,23,25H,8-9,14-17,22H2,1-3H3. The van der Waals surface area contributed by atoms with E-state index in [9.17, 15) is 10.1 Å². The molecule has 0 bridgehead atoms. The summed E-state index contributed by atoms with van der Waals surface area (Å²) in [7, 11) is 0. The Hall–Kier alpha value is -4.29. The van der Waals surface area contributed by atoms with E-state index in [2.05, 4.69) is 29.1 Å². The number of hydrogen-bond acceptors (Lipinski definition) is 4. The number of nitriles is 1. The van der Waals surface area contributed by atoms with Crippen molar-refractivity contribution >= 4 is 11.6 Å². The zero-order valence-electron chi connectivity index (χ0n) is 22.9. The van der Waals surface area contributed by atoms with Crippen molar-refractivity contribution in [3.63, 3.8) is 0 Å². The summed E-state index contributed by atoms with van der Waals surface area (Å²) in [5, 5.41) is 9.20. The number of aryl methyl sites for hydroxylation is 2. The molecule has 1 aliphatic rings. The fraction of sp³-hybridized carbons (Fsp3) is 0.364. The Morgan fingerprint density at radius 2 is 1.90 bits per heavy atom. The molecule has 0 atom stereocenters. The van der Waals surface area contributed by atoms with Crippen molar-refractivity contribution in [2.75, 3.05) is 19.7 Å². The fourth-order valence-corrected chi connectivity index (χ4v) is 5.08. The van der Waals surface area contributed by atoms with E-state index in [0.29, 0.717) is 22.9 Å². The predicted molar refractivity (Wildman–Crippen MR) is 153 cm³/mol. The first kappa shape index (κ1) is 27.7. The van der Waals surface area contributed by atoms with Crippen molar-refractivity contribution in [3.8, 4) is 28.7 Å². The van der Waals surface area contributed by atoms with E-state index in [0.717, 1.165) is 61.2 Å². The highest BCUT2D eigenvalue weighted by Crippen LogP contribution is 2.36. The van der Waals surface area contributed by atoms with Crippen LogP contribution in [-0.2, 0) is 11.2 Å². The zero-order chi connectivity index (χ0) is 27.8. The SMILES string of the molecule is [C-]#[N+]c1ccc(OCC(=O)N2CCC(CCc3cccc(OC(C)C)c3)CC2)c(-c2ccc(C#N)cc2C)c1. The molecule has 0 radical (unpaired) electrons. The molecule has 0 spiro atoms. The minimum absolute atomic E-state index is 0.0243. The summed E-state index contributed by atoms with van der Waals surface area (Å²) >= 11 is 0. The van der Waals surface area contributed by atoms with E-state index >= 15 is 0 Å². The van der Waals surface area contributed by atoms with E-state index in [1.165, 1.54) is 5.56 Å². The van der Waals surface area contributed by atoms with Gasteiger partial charge in [0.2, 0.25) is 0 Å². The normalized spacial score (nSPS) is 13.5. The van der Waals surface area contributed by atoms with Gasteiger partial charge in [-0.3, -0.25) is 4.79 Å². The summed E-state index contributed by atoms with van der Waals surface area (Å²) in [4.78, 5) is 18.5. The van der Waals surface area contributed by atoms with Crippen LogP contribution in [0.5, 0.6) is 11.5 Å². The van der Waals surface area contributed by atoms with Gasteiger partial charge in [-0.05, 0) is 105 Å². The summed E-state index contributed by atoms with van der Waals surface area (Å²) in [6.07, 6.45) is 4.25. The maximum atomic E-state index is 13.0. The molecule has 3 aromatic carbocycles. The van der Waals surface area contributed by atoms with Gasteiger partial charge < -0.3 is 14.4 Å². The van der Waals surface area contributed by atoms with E-state index in [1.807, 2.05) is 43.9 Å². The lowest BCUT2D eigenvalue weighted by molar-refractivity contribution is -0.134. The maximum Gasteiger partial charge on any atom is 0.260 e. The van der Waals surface area contributed by atoms with Crippen LogP contribution in [-0.4, -0.2) is 36.6 Å². The van der Waals surface area contributed by atoms with Gasteiger partial charge in [-0.15, -0.1) is 0 Å². The molecule has 6 nitrogen and oxygen atoms in total. The van der Waals surface area contributed by atoms with Crippen molar-refractivity contribution < 1.29 is 14.3 Å². The molecule has 6 heteroatoms. The lowest BCUT2D eigenvalue weighted by Gasteiger charge is -2.32. The lowest BCUT2D eigenvalue weighted by Crippen LogP contribution is -2.41. The molecule has 39 heavy (non-hydrogen) atoms. The first-order valence-electron chi connectivity index (χ1n) is 13.5. The number of amides is 1. The molecule has 1 amide bonds. The average Bonchev–Trinajstić information content (AvgIpc) is 2.95. The molecular formula is C33H35N3O3. The molecule has 1 fully saturated rings. The summed E-state index contributed by atoms with van der Waals surface area (Å²) < 4.78 is 11.8. The van der Waals surface area contributed by atoms with E-state index in [1.54, 1.807) is 24.3 Å². The fourth-order valence-electron chi connectivity index (χ4n) is 5.08. The average molecular weight is 522 g/mol. The molecule has 0 aliphatic carbocycles. The van der Waals surface area contributed by atoms with Gasteiger partial charge in [0.15, 0.2) is 12.3 Å². The first-order valence-corrected chi connectivity index (χ1v) is 13.5. The number of nitrogens with zero attached hydrogens (tertiary/aromatic N) is 3. The van der Waals surface area contributed by atoms with Crippen LogP contribution in [0.2, 0.25) is 0 Å². The van der Waals surface area contributed by atoms with Crippen molar-refractivity contribution in [2.45, 2.75) is 52.6 Å². The highest BCUT2D eigenvalue weighted by atomic mass is 16.5. The van der Waals surface area contributed by atoms with E-state index in [4.69, 9.17) is 16.0 Å². The van der Waals surface area contributed by atoms with E-state index < -0.39 is 0 Å². The summed E-state index contributed by atoms with van der Waals surface area (Å²) in [6, 6.07) is 21.2. The summed E-state index contributed by atoms with van der Waals surface area (Å²) in [5.41, 5.74) is 4.90. The quantitative estimate of drug-likeness (QED) is 0.281. The van der Waals surface area contributed by atoms with Crippen LogP contribution in [0.4, 0.5) is 5.69 Å². The molecule has 1 aliphatic heterocycles. The van der Waals surface area contributed by atoms with Gasteiger partial charge in [-0.2, -0.15) is 5.26 Å². The second kappa shape index (κ2) is 13.0. The predicted octanol–water partition coefficient (Wildman–Crippen LogP) is 7.12. The molecule has 1 saturated heterocycles. The summed E-state index contributed by atoms with van der Waals surface area (Å²) in [5.74, 6) is 2.05. The van der Waals surface area contributed by atoms with Crippen LogP contribution in [0.25, 0.3) is 16.0 Å². The molecular weight excluding hydrogens is 486 g/mol. The highest BCUT2D eigenvalue weighted by molar-refractivity contribution is 5.80. The monoisotopic (exact) mass is 521 g/mol. The van der Waals surface area contributed by atoms with Gasteiger partial charge in [-0.1, -0.05) is 24.3 Å². The second-order valence-electron chi connectivity index (χ2n) is 10.4. The van der Waals surface area contributed by atoms with Crippen molar-refractivity contribution in [1.29, 1.82) is 5.26 Å². The Kier molecular flexibility index (Phi) is 9.23. The molecule has 0 unspecified atom stereocenters. The van der Waals surface area contributed by atoms with Gasteiger partial charge in [0.05, 0.1) is 24.3 Å². The molecule has 3 aromatic rings. The second-order valence-corrected chi connectivity index (χ2v) is 10.4. The molecule has 200 valence electrons. The molecule has 0 aromatic heterocycles. The van der Waals surface area contributed by atoms with Gasteiger partial charge in [0.1, 0.15) is 11.5 Å². The third-order valence-electron chi connectivity index (χ3n) is 7.17. The molecule has 0 saturated carbocycles. The first-order chi connectivity index (χ1) is 18.9. The van der Waals surface area contributed by atoms with Gasteiger partial charge in [-0.25, -0.2) is 4.85 Å². The minimum atomic E-state index is -0.0486. The minimum Gasteiger partial charge on any atom is -0.491 e. The Labute approximate surface area is 231 Å². The van der Waals surface area contributed by atoms with Crippen LogP contribution in [0, 0.1) is 30.7 Å². The van der Waals surface area contributed by atoms with Crippen molar-refractivity contribution in [3.05, 3.63) is 88.8 Å². The van der Waals surface area contributed by atoms with Crippen LogP contribution in [0.15, 0.2) is 60.7 Å². The van der Waals surface area contributed by atoms with Gasteiger partial charge >= 0.3 is 0 Å². The number of piperidine rings is 1. The van der Waals surface area contributed by atoms with Crippen molar-refractivity contribution in [1.82, 2.24) is 4.90 Å². The van der Waals surface area contributed by atoms with Crippen LogP contribution < -0.4 is 9.47 Å². The number of likely N-dealkylation sites (tertiary alicyclic amines) is 1. The Morgan fingerprint density at radius 3 is 2.59 bits per heavy atom. The summed E-state index contributed by atoms with van der Waals surface area (Å²) in [6.45, 7) is 14.8. The Bertz CT molecular complexity index is 1390. The maximum absolute atomic E-state index is 13.0. The van der Waals surface area contributed by atoms with Gasteiger partial charge in [0, 0.05) is 18.7 Å². The van der Waals surface area contributed by atoms with Crippen LogP contribution in [0.1, 0.15) is 49.8 Å². The molecule has 0 N–H and O–H groups in total. The molecule has 1 heterocycles. The van der Waals surface area contributed by atoms with E-state index in [-0.39, 0.29) is 18.6 Å². The Balaban J connectivity index is 1.32. The third-order valence-corrected chi connectivity index (χ3v) is 7.17. The largest absolute Gasteiger partial charge is 0.491 e. The number of hydrogen-bond donors (Lipinski definition) is 0. The number of carbonyl (C=O) groups excluding carboxylic acids is 1. The molecule has 4 rings (SSSR count). The topological polar surface area (TPSA) is 66.9 Å². The Morgan fingerprint density at radius 1 is 1.10 bits per heavy atom. The van der Waals surface area contributed by atoms with Gasteiger partial charge in [0.25, 0.3) is 5.91 Å². The van der Waals surface area contributed by atoms with Crippen LogP contribution in [0.3, 0.4) is 0 Å². The third kappa shape index (κ3) is 7.39. The highest BCUT2D eigenvalue weighted by Gasteiger charge is 2.23. The lowest BCUT2D eigenvalue weighted by atomic mass is 9.90. The number of carbonyl (C=O) groups is 1. The van der Waals surface area contributed by atoms with Crippen molar-refractivity contribution in [2.24, 2.45) is 5.92 Å². The zero-order valence-corrected chi connectivity index (χ0v) is 22.9. The number of ether oxygens (including phenoxy) is 2. The van der Waals surface area contributed by atoms with Crippen LogP contribution >= 0.6 is 0 Å². The number of benzene rings is 3. The smallest absolute Gasteiger partial charge is 0.260 e. The number of rotatable bonds is 9.